The van der Waals surface area contributed by atoms with Crippen LogP contribution in [0.5, 0.6) is 0 Å². The molecule has 1 atom stereocenters. The highest BCUT2D eigenvalue weighted by Gasteiger charge is 2.25. The maximum Gasteiger partial charge on any atom is 0.242 e. The Bertz CT molecular complexity index is 726. The first-order valence-electron chi connectivity index (χ1n) is 7.13. The lowest BCUT2D eigenvalue weighted by molar-refractivity contribution is -0.126. The molecule has 2 rings (SSSR count). The summed E-state index contributed by atoms with van der Waals surface area (Å²) in [4.78, 5) is 13.9. The van der Waals surface area contributed by atoms with Crippen LogP contribution in [0.25, 0.3) is 0 Å². The SMILES string of the molecule is CN(C)[C@H](C(=O)NCc1cc(F)c(F)c(F)c1)c1ccccc1F. The van der Waals surface area contributed by atoms with Gasteiger partial charge in [0.15, 0.2) is 17.5 Å². The molecule has 128 valence electrons. The van der Waals surface area contributed by atoms with Gasteiger partial charge in [-0.1, -0.05) is 18.2 Å². The number of benzene rings is 2. The molecular formula is C17H16F4N2O. The lowest BCUT2D eigenvalue weighted by Gasteiger charge is -2.24. The number of hydrogen-bond acceptors (Lipinski definition) is 2. The number of likely N-dealkylation sites (N-methyl/N-ethyl adjacent to an activating group) is 1. The number of amides is 1. The lowest BCUT2D eigenvalue weighted by Crippen LogP contribution is -2.37. The third-order valence-corrected chi connectivity index (χ3v) is 3.47. The second-order valence-electron chi connectivity index (χ2n) is 5.48. The van der Waals surface area contributed by atoms with Gasteiger partial charge in [-0.25, -0.2) is 17.6 Å². The number of halogens is 4. The summed E-state index contributed by atoms with van der Waals surface area (Å²) in [5, 5.41) is 2.48. The Hall–Kier alpha value is -2.41. The molecule has 0 aliphatic carbocycles. The largest absolute Gasteiger partial charge is 0.350 e. The Morgan fingerprint density at radius 3 is 2.17 bits per heavy atom. The van der Waals surface area contributed by atoms with Crippen molar-refractivity contribution in [2.45, 2.75) is 12.6 Å². The van der Waals surface area contributed by atoms with E-state index in [1.165, 1.54) is 23.1 Å². The van der Waals surface area contributed by atoms with Crippen LogP contribution in [0.4, 0.5) is 17.6 Å². The normalized spacial score (nSPS) is 12.3. The molecule has 0 saturated carbocycles. The summed E-state index contributed by atoms with van der Waals surface area (Å²) < 4.78 is 53.2. The molecule has 2 aromatic carbocycles. The summed E-state index contributed by atoms with van der Waals surface area (Å²) in [5.74, 6) is -5.32. The fraction of sp³-hybridized carbons (Fsp3) is 0.235. The standard InChI is InChI=1S/C17H16F4N2O/c1-23(2)16(11-5-3-4-6-12(11)18)17(24)22-9-10-7-13(19)15(21)14(20)8-10/h3-8,16H,9H2,1-2H3,(H,22,24)/t16-/m0/s1. The molecule has 0 saturated heterocycles. The molecule has 0 unspecified atom stereocenters. The molecule has 1 N–H and O–H groups in total. The van der Waals surface area contributed by atoms with Crippen molar-refractivity contribution >= 4 is 5.91 Å². The van der Waals surface area contributed by atoms with Crippen LogP contribution < -0.4 is 5.32 Å². The van der Waals surface area contributed by atoms with E-state index in [1.807, 2.05) is 0 Å². The van der Waals surface area contributed by atoms with Crippen LogP contribution in [0.15, 0.2) is 36.4 Å². The molecule has 3 nitrogen and oxygen atoms in total. The number of nitrogens with zero attached hydrogens (tertiary/aromatic N) is 1. The fourth-order valence-electron chi connectivity index (χ4n) is 2.35. The Kier molecular flexibility index (Phi) is 5.56. The molecule has 7 heteroatoms. The zero-order valence-electron chi connectivity index (χ0n) is 13.1. The predicted molar refractivity (Wildman–Crippen MR) is 81.0 cm³/mol. The molecule has 0 aliphatic rings. The van der Waals surface area contributed by atoms with E-state index in [1.54, 1.807) is 20.2 Å². The third kappa shape index (κ3) is 3.91. The van der Waals surface area contributed by atoms with E-state index in [0.717, 1.165) is 12.1 Å². The molecule has 2 aromatic rings. The maximum absolute atomic E-state index is 13.9. The van der Waals surface area contributed by atoms with Gasteiger partial charge in [0, 0.05) is 12.1 Å². The molecule has 0 aliphatic heterocycles. The van der Waals surface area contributed by atoms with Crippen molar-refractivity contribution in [1.82, 2.24) is 10.2 Å². The summed E-state index contributed by atoms with van der Waals surface area (Å²) >= 11 is 0. The summed E-state index contributed by atoms with van der Waals surface area (Å²) in [7, 11) is 3.21. The van der Waals surface area contributed by atoms with E-state index >= 15 is 0 Å². The van der Waals surface area contributed by atoms with Gasteiger partial charge in [-0.15, -0.1) is 0 Å². The average molecular weight is 340 g/mol. The first-order chi connectivity index (χ1) is 11.3. The highest BCUT2D eigenvalue weighted by molar-refractivity contribution is 5.83. The first kappa shape index (κ1) is 17.9. The van der Waals surface area contributed by atoms with Crippen LogP contribution in [-0.2, 0) is 11.3 Å². The predicted octanol–water partition coefficient (Wildman–Crippen LogP) is 3.16. The molecule has 1 amide bonds. The van der Waals surface area contributed by atoms with Crippen LogP contribution in [0.3, 0.4) is 0 Å². The maximum atomic E-state index is 13.9. The van der Waals surface area contributed by atoms with Crippen LogP contribution >= 0.6 is 0 Å². The van der Waals surface area contributed by atoms with Gasteiger partial charge in [0.25, 0.3) is 0 Å². The van der Waals surface area contributed by atoms with Crippen molar-refractivity contribution in [2.75, 3.05) is 14.1 Å². The average Bonchev–Trinajstić information content (AvgIpc) is 2.52. The minimum absolute atomic E-state index is 0.0609. The summed E-state index contributed by atoms with van der Waals surface area (Å²) in [6.07, 6.45) is 0. The van der Waals surface area contributed by atoms with Crippen LogP contribution in [0.2, 0.25) is 0 Å². The van der Waals surface area contributed by atoms with Gasteiger partial charge in [-0.2, -0.15) is 0 Å². The zero-order chi connectivity index (χ0) is 17.9. The Morgan fingerprint density at radius 2 is 1.62 bits per heavy atom. The first-order valence-corrected chi connectivity index (χ1v) is 7.13. The molecule has 0 fully saturated rings. The van der Waals surface area contributed by atoms with E-state index in [4.69, 9.17) is 0 Å². The third-order valence-electron chi connectivity index (χ3n) is 3.47. The molecular weight excluding hydrogens is 324 g/mol. The summed E-state index contributed by atoms with van der Waals surface area (Å²) in [5.41, 5.74) is 0.238. The van der Waals surface area contributed by atoms with Crippen LogP contribution in [0.1, 0.15) is 17.2 Å². The number of carbonyl (C=O) groups excluding carboxylic acids is 1. The van der Waals surface area contributed by atoms with Gasteiger partial charge in [0.1, 0.15) is 11.9 Å². The van der Waals surface area contributed by atoms with Crippen molar-refractivity contribution in [3.05, 3.63) is 70.8 Å². The van der Waals surface area contributed by atoms with Gasteiger partial charge < -0.3 is 5.32 Å². The van der Waals surface area contributed by atoms with Crippen LogP contribution in [-0.4, -0.2) is 24.9 Å². The minimum Gasteiger partial charge on any atom is -0.350 e. The molecule has 0 spiro atoms. The highest BCUT2D eigenvalue weighted by Crippen LogP contribution is 2.22. The van der Waals surface area contributed by atoms with E-state index in [0.29, 0.717) is 0 Å². The van der Waals surface area contributed by atoms with Crippen LogP contribution in [0, 0.1) is 23.3 Å². The van der Waals surface area contributed by atoms with Crippen molar-refractivity contribution in [1.29, 1.82) is 0 Å². The highest BCUT2D eigenvalue weighted by atomic mass is 19.2. The molecule has 0 radical (unpaired) electrons. The van der Waals surface area contributed by atoms with Gasteiger partial charge >= 0.3 is 0 Å². The Labute approximate surface area is 136 Å². The van der Waals surface area contributed by atoms with E-state index in [-0.39, 0.29) is 17.7 Å². The molecule has 0 heterocycles. The topological polar surface area (TPSA) is 32.3 Å². The second kappa shape index (κ2) is 7.44. The van der Waals surface area contributed by atoms with Gasteiger partial charge in [0.05, 0.1) is 0 Å². The van der Waals surface area contributed by atoms with E-state index in [2.05, 4.69) is 5.32 Å². The fourth-order valence-corrected chi connectivity index (χ4v) is 2.35. The van der Waals surface area contributed by atoms with E-state index < -0.39 is 35.2 Å². The van der Waals surface area contributed by atoms with Crippen molar-refractivity contribution in [3.8, 4) is 0 Å². The molecule has 24 heavy (non-hydrogen) atoms. The minimum atomic E-state index is -1.57. The number of nitrogens with one attached hydrogen (secondary N) is 1. The van der Waals surface area contributed by atoms with Gasteiger partial charge in [-0.3, -0.25) is 9.69 Å². The molecule has 0 aromatic heterocycles. The summed E-state index contributed by atoms with van der Waals surface area (Å²) in [6, 6.07) is 6.52. The second-order valence-corrected chi connectivity index (χ2v) is 5.48. The quantitative estimate of drug-likeness (QED) is 0.670. The molecule has 0 bridgehead atoms. The monoisotopic (exact) mass is 340 g/mol. The van der Waals surface area contributed by atoms with E-state index in [9.17, 15) is 22.4 Å². The smallest absolute Gasteiger partial charge is 0.242 e. The Morgan fingerprint density at radius 1 is 1.04 bits per heavy atom. The number of hydrogen-bond donors (Lipinski definition) is 1. The van der Waals surface area contributed by atoms with Crippen molar-refractivity contribution in [3.63, 3.8) is 0 Å². The summed E-state index contributed by atoms with van der Waals surface area (Å²) in [6.45, 7) is -0.217. The number of rotatable bonds is 5. The van der Waals surface area contributed by atoms with Gasteiger partial charge in [-0.05, 0) is 37.9 Å². The lowest BCUT2D eigenvalue weighted by atomic mass is 10.0. The van der Waals surface area contributed by atoms with Crippen molar-refractivity contribution in [2.24, 2.45) is 0 Å². The van der Waals surface area contributed by atoms with Gasteiger partial charge in [0.2, 0.25) is 5.91 Å². The Balaban J connectivity index is 2.16. The number of carbonyl (C=O) groups is 1. The van der Waals surface area contributed by atoms with Crippen molar-refractivity contribution < 1.29 is 22.4 Å². The zero-order valence-corrected chi connectivity index (χ0v) is 13.1.